The van der Waals surface area contributed by atoms with Crippen LogP contribution < -0.4 is 0 Å². The van der Waals surface area contributed by atoms with E-state index in [0.29, 0.717) is 12.3 Å². The third kappa shape index (κ3) is 4.20. The monoisotopic (exact) mass is 356 g/mol. The molecular weight excluding hydrogens is 336 g/mol. The van der Waals surface area contributed by atoms with Gasteiger partial charge >= 0.3 is 5.97 Å². The lowest BCUT2D eigenvalue weighted by Gasteiger charge is -2.05. The lowest BCUT2D eigenvalue weighted by atomic mass is 9.99. The molecule has 2 heterocycles. The Morgan fingerprint density at radius 2 is 2.08 bits per heavy atom. The molecule has 3 rings (SSSR count). The molecule has 3 aromatic rings. The number of alkyl halides is 1. The molecule has 0 aliphatic heterocycles. The van der Waals surface area contributed by atoms with Crippen molar-refractivity contribution in [2.75, 3.05) is 0 Å². The Kier molecular flexibility index (Phi) is 5.71. The molecule has 5 heteroatoms. The van der Waals surface area contributed by atoms with Crippen molar-refractivity contribution in [2.24, 2.45) is 0 Å². The van der Waals surface area contributed by atoms with Crippen LogP contribution in [0.15, 0.2) is 42.7 Å². The summed E-state index contributed by atoms with van der Waals surface area (Å²) in [6.07, 6.45) is 7.34. The summed E-state index contributed by atoms with van der Waals surface area (Å²) in [5, 5.41) is 9.95. The molecule has 25 heavy (non-hydrogen) atoms. The number of aromatic nitrogens is 2. The molecule has 0 saturated carbocycles. The van der Waals surface area contributed by atoms with Crippen molar-refractivity contribution in [3.8, 4) is 11.3 Å². The number of aromatic amines is 1. The van der Waals surface area contributed by atoms with Gasteiger partial charge in [0.1, 0.15) is 0 Å². The van der Waals surface area contributed by atoms with E-state index in [4.69, 9.17) is 16.7 Å². The number of aryl methyl sites for hydroxylation is 1. The van der Waals surface area contributed by atoms with E-state index in [1.165, 1.54) is 10.9 Å². The number of aliphatic carboxylic acids is 1. The smallest absolute Gasteiger partial charge is 0.303 e. The number of nitrogens with zero attached hydrogens (tertiary/aromatic N) is 1. The largest absolute Gasteiger partial charge is 0.481 e. The minimum absolute atomic E-state index is 0.236. The summed E-state index contributed by atoms with van der Waals surface area (Å²) in [6, 6.07) is 10.2. The molecule has 0 aliphatic carbocycles. The summed E-state index contributed by atoms with van der Waals surface area (Å²) in [4.78, 5) is 18.4. The van der Waals surface area contributed by atoms with E-state index in [1.54, 1.807) is 6.20 Å². The summed E-state index contributed by atoms with van der Waals surface area (Å²) in [5.74, 6) is -0.239. The summed E-state index contributed by atoms with van der Waals surface area (Å²) in [6.45, 7) is 0. The highest BCUT2D eigenvalue weighted by atomic mass is 35.5. The van der Waals surface area contributed by atoms with Gasteiger partial charge in [0.15, 0.2) is 0 Å². The predicted octanol–water partition coefficient (Wildman–Crippen LogP) is 5.16. The van der Waals surface area contributed by atoms with Gasteiger partial charge < -0.3 is 10.1 Å². The summed E-state index contributed by atoms with van der Waals surface area (Å²) < 4.78 is 0. The van der Waals surface area contributed by atoms with Crippen molar-refractivity contribution in [2.45, 2.75) is 38.0 Å². The highest BCUT2D eigenvalue weighted by Crippen LogP contribution is 2.32. The molecule has 0 saturated heterocycles. The maximum absolute atomic E-state index is 10.7. The number of carboxylic acids is 1. The van der Waals surface area contributed by atoms with Crippen molar-refractivity contribution in [3.63, 3.8) is 0 Å². The van der Waals surface area contributed by atoms with E-state index in [0.717, 1.165) is 41.6 Å². The minimum Gasteiger partial charge on any atom is -0.481 e. The second kappa shape index (κ2) is 8.17. The Bertz CT molecular complexity index is 859. The molecule has 4 nitrogen and oxygen atoms in total. The first-order chi connectivity index (χ1) is 12.2. The molecule has 2 aromatic heterocycles. The zero-order valence-corrected chi connectivity index (χ0v) is 14.7. The maximum Gasteiger partial charge on any atom is 0.303 e. The van der Waals surface area contributed by atoms with Gasteiger partial charge in [-0.25, -0.2) is 0 Å². The SMILES string of the molecule is O=C(O)CCCCCc1c(-c2cccnc2)[nH]c2ccc(CCl)cc12. The number of carboxylic acid groups (broad SMARTS) is 1. The van der Waals surface area contributed by atoms with Gasteiger partial charge in [-0.2, -0.15) is 0 Å². The number of unbranched alkanes of at least 4 members (excludes halogenated alkanes) is 2. The van der Waals surface area contributed by atoms with Gasteiger partial charge in [-0.1, -0.05) is 12.5 Å². The summed E-state index contributed by atoms with van der Waals surface area (Å²) in [5.41, 5.74) is 5.59. The molecule has 0 atom stereocenters. The lowest BCUT2D eigenvalue weighted by Crippen LogP contribution is -1.95. The molecule has 0 fully saturated rings. The fraction of sp³-hybridized carbons (Fsp3) is 0.300. The second-order valence-corrected chi connectivity index (χ2v) is 6.46. The Labute approximate surface area is 151 Å². The van der Waals surface area contributed by atoms with Gasteiger partial charge in [0, 0.05) is 41.2 Å². The number of rotatable bonds is 8. The summed E-state index contributed by atoms with van der Waals surface area (Å²) in [7, 11) is 0. The number of nitrogens with one attached hydrogen (secondary N) is 1. The number of benzene rings is 1. The fourth-order valence-corrected chi connectivity index (χ4v) is 3.32. The second-order valence-electron chi connectivity index (χ2n) is 6.19. The van der Waals surface area contributed by atoms with E-state index < -0.39 is 5.97 Å². The molecule has 0 bridgehead atoms. The number of carbonyl (C=O) groups is 1. The first-order valence-corrected chi connectivity index (χ1v) is 9.04. The highest BCUT2D eigenvalue weighted by molar-refractivity contribution is 6.17. The van der Waals surface area contributed by atoms with Crippen LogP contribution in [0.25, 0.3) is 22.2 Å². The zero-order chi connectivity index (χ0) is 17.6. The first kappa shape index (κ1) is 17.5. The molecule has 2 N–H and O–H groups in total. The Morgan fingerprint density at radius 3 is 2.80 bits per heavy atom. The van der Waals surface area contributed by atoms with Crippen LogP contribution in [0.4, 0.5) is 0 Å². The third-order valence-corrected chi connectivity index (χ3v) is 4.70. The van der Waals surface area contributed by atoms with Crippen LogP contribution in [0.2, 0.25) is 0 Å². The molecule has 0 aliphatic rings. The van der Waals surface area contributed by atoms with E-state index in [1.807, 2.05) is 24.4 Å². The van der Waals surface area contributed by atoms with Crippen LogP contribution in [-0.4, -0.2) is 21.0 Å². The quantitative estimate of drug-likeness (QED) is 0.433. The van der Waals surface area contributed by atoms with Crippen LogP contribution in [0, 0.1) is 0 Å². The van der Waals surface area contributed by atoms with Crippen LogP contribution in [-0.2, 0) is 17.1 Å². The highest BCUT2D eigenvalue weighted by Gasteiger charge is 2.13. The van der Waals surface area contributed by atoms with Crippen LogP contribution in [0.5, 0.6) is 0 Å². The van der Waals surface area contributed by atoms with Crippen molar-refractivity contribution in [1.29, 1.82) is 0 Å². The van der Waals surface area contributed by atoms with Gasteiger partial charge in [0.05, 0.1) is 5.69 Å². The number of fused-ring (bicyclic) bond motifs is 1. The molecule has 0 radical (unpaired) electrons. The lowest BCUT2D eigenvalue weighted by molar-refractivity contribution is -0.137. The van der Waals surface area contributed by atoms with Crippen LogP contribution in [0.1, 0.15) is 36.8 Å². The Hall–Kier alpha value is -2.33. The molecule has 1 aromatic carbocycles. The van der Waals surface area contributed by atoms with Gasteiger partial charge in [0.2, 0.25) is 0 Å². The zero-order valence-electron chi connectivity index (χ0n) is 14.0. The maximum atomic E-state index is 10.7. The number of halogens is 1. The number of pyridine rings is 1. The van der Waals surface area contributed by atoms with Crippen LogP contribution >= 0.6 is 11.6 Å². The predicted molar refractivity (Wildman–Crippen MR) is 101 cm³/mol. The third-order valence-electron chi connectivity index (χ3n) is 4.39. The van der Waals surface area contributed by atoms with E-state index >= 15 is 0 Å². The van der Waals surface area contributed by atoms with Gasteiger partial charge in [-0.05, 0) is 54.7 Å². The number of hydrogen-bond donors (Lipinski definition) is 2. The minimum atomic E-state index is -0.727. The van der Waals surface area contributed by atoms with Crippen molar-refractivity contribution in [3.05, 3.63) is 53.9 Å². The first-order valence-electron chi connectivity index (χ1n) is 8.50. The van der Waals surface area contributed by atoms with Gasteiger partial charge in [-0.15, -0.1) is 11.6 Å². The van der Waals surface area contributed by atoms with Crippen LogP contribution in [0.3, 0.4) is 0 Å². The fourth-order valence-electron chi connectivity index (χ4n) is 3.15. The molecular formula is C20H21ClN2O2. The van der Waals surface area contributed by atoms with E-state index in [9.17, 15) is 4.79 Å². The average Bonchev–Trinajstić information content (AvgIpc) is 2.99. The standard InChI is InChI=1S/C20H21ClN2O2/c21-12-14-8-9-18-17(11-14)16(6-2-1-3-7-19(24)25)20(23-18)15-5-4-10-22-13-15/h4-5,8-11,13,23H,1-3,6-7,12H2,(H,24,25). The van der Waals surface area contributed by atoms with E-state index in [-0.39, 0.29) is 6.42 Å². The van der Waals surface area contributed by atoms with Crippen molar-refractivity contribution in [1.82, 2.24) is 9.97 Å². The van der Waals surface area contributed by atoms with E-state index in [2.05, 4.69) is 22.1 Å². The van der Waals surface area contributed by atoms with Crippen molar-refractivity contribution < 1.29 is 9.90 Å². The molecule has 130 valence electrons. The number of H-pyrrole nitrogens is 1. The molecule has 0 unspecified atom stereocenters. The Morgan fingerprint density at radius 1 is 1.20 bits per heavy atom. The molecule has 0 spiro atoms. The topological polar surface area (TPSA) is 66.0 Å². The van der Waals surface area contributed by atoms with Gasteiger partial charge in [0.25, 0.3) is 0 Å². The van der Waals surface area contributed by atoms with Gasteiger partial charge in [-0.3, -0.25) is 9.78 Å². The summed E-state index contributed by atoms with van der Waals surface area (Å²) >= 11 is 6.00. The Balaban J connectivity index is 1.90. The average molecular weight is 357 g/mol. The van der Waals surface area contributed by atoms with Crippen molar-refractivity contribution >= 4 is 28.5 Å². The molecule has 0 amide bonds. The normalized spacial score (nSPS) is 11.1. The number of hydrogen-bond acceptors (Lipinski definition) is 2.